The molecule has 5 heteroatoms. The maximum atomic E-state index is 11.1. The van der Waals surface area contributed by atoms with E-state index < -0.39 is 24.0 Å². The second-order valence-electron chi connectivity index (χ2n) is 3.30. The molecule has 0 aromatic carbocycles. The van der Waals surface area contributed by atoms with Gasteiger partial charge in [-0.1, -0.05) is 0 Å². The molecule has 1 aliphatic heterocycles. The van der Waals surface area contributed by atoms with Gasteiger partial charge in [0.25, 0.3) is 0 Å². The molecule has 0 spiro atoms. The molecule has 0 amide bonds. The van der Waals surface area contributed by atoms with Crippen molar-refractivity contribution in [3.05, 3.63) is 0 Å². The van der Waals surface area contributed by atoms with E-state index in [-0.39, 0.29) is 6.61 Å². The zero-order valence-electron chi connectivity index (χ0n) is 7.94. The Bertz CT molecular complexity index is 201. The molecule has 1 fully saturated rings. The lowest BCUT2D eigenvalue weighted by Crippen LogP contribution is -2.34. The van der Waals surface area contributed by atoms with Gasteiger partial charge in [0.2, 0.25) is 0 Å². The monoisotopic (exact) mass is 190 g/mol. The normalized spacial score (nSPS) is 31.7. The highest BCUT2D eigenvalue weighted by atomic mass is 16.8. The number of esters is 1. The van der Waals surface area contributed by atoms with Crippen LogP contribution in [-0.2, 0) is 19.0 Å². The third-order valence-corrected chi connectivity index (χ3v) is 1.80. The second kappa shape index (κ2) is 3.61. The van der Waals surface area contributed by atoms with Gasteiger partial charge in [-0.3, -0.25) is 0 Å². The Morgan fingerprint density at radius 2 is 2.15 bits per heavy atom. The molecular formula is C8H14O5. The van der Waals surface area contributed by atoms with Gasteiger partial charge in [-0.25, -0.2) is 4.79 Å². The molecule has 1 rings (SSSR count). The van der Waals surface area contributed by atoms with Crippen LogP contribution in [0.25, 0.3) is 0 Å². The van der Waals surface area contributed by atoms with Crippen molar-refractivity contribution in [2.45, 2.75) is 31.8 Å². The molecule has 0 radical (unpaired) electrons. The van der Waals surface area contributed by atoms with Crippen LogP contribution in [-0.4, -0.2) is 42.8 Å². The number of ether oxygens (including phenoxy) is 3. The van der Waals surface area contributed by atoms with Crippen LogP contribution in [0.2, 0.25) is 0 Å². The average molecular weight is 190 g/mol. The number of aliphatic hydroxyl groups excluding tert-OH is 1. The maximum absolute atomic E-state index is 11.1. The summed E-state index contributed by atoms with van der Waals surface area (Å²) < 4.78 is 15.0. The van der Waals surface area contributed by atoms with Crippen LogP contribution in [0, 0.1) is 0 Å². The van der Waals surface area contributed by atoms with Crippen molar-refractivity contribution >= 4 is 5.97 Å². The Morgan fingerprint density at radius 1 is 1.54 bits per heavy atom. The number of hydrogen-bond donors (Lipinski definition) is 1. The van der Waals surface area contributed by atoms with E-state index in [0.29, 0.717) is 0 Å². The summed E-state index contributed by atoms with van der Waals surface area (Å²) in [5.41, 5.74) is 0. The Balaban J connectivity index is 2.69. The van der Waals surface area contributed by atoms with Crippen molar-refractivity contribution in [1.29, 1.82) is 0 Å². The summed E-state index contributed by atoms with van der Waals surface area (Å²) in [6.45, 7) is 3.10. The van der Waals surface area contributed by atoms with Crippen molar-refractivity contribution in [1.82, 2.24) is 0 Å². The molecule has 76 valence electrons. The van der Waals surface area contributed by atoms with Crippen LogP contribution in [0.5, 0.6) is 0 Å². The second-order valence-corrected chi connectivity index (χ2v) is 3.30. The van der Waals surface area contributed by atoms with Gasteiger partial charge in [0.1, 0.15) is 6.10 Å². The van der Waals surface area contributed by atoms with E-state index in [1.165, 1.54) is 7.11 Å². The van der Waals surface area contributed by atoms with Crippen molar-refractivity contribution in [3.8, 4) is 0 Å². The molecule has 1 aliphatic rings. The lowest BCUT2D eigenvalue weighted by atomic mass is 10.2. The van der Waals surface area contributed by atoms with Crippen LogP contribution in [0.1, 0.15) is 13.8 Å². The van der Waals surface area contributed by atoms with Crippen molar-refractivity contribution in [3.63, 3.8) is 0 Å². The van der Waals surface area contributed by atoms with Crippen LogP contribution < -0.4 is 0 Å². The minimum absolute atomic E-state index is 0.261. The minimum Gasteiger partial charge on any atom is -0.467 e. The molecule has 5 nitrogen and oxygen atoms in total. The molecule has 0 saturated carbocycles. The third-order valence-electron chi connectivity index (χ3n) is 1.80. The highest BCUT2D eigenvalue weighted by Crippen LogP contribution is 2.28. The molecule has 1 saturated heterocycles. The molecule has 13 heavy (non-hydrogen) atoms. The standard InChI is InChI=1S/C8H14O5/c1-8(2)12-5(4-9)6(13-8)7(10)11-3/h5-6,9H,4H2,1-3H3. The summed E-state index contributed by atoms with van der Waals surface area (Å²) in [6.07, 6.45) is -1.47. The number of aliphatic hydroxyl groups is 1. The number of hydrogen-bond acceptors (Lipinski definition) is 5. The van der Waals surface area contributed by atoms with Gasteiger partial charge in [-0.05, 0) is 13.8 Å². The van der Waals surface area contributed by atoms with Gasteiger partial charge in [0.15, 0.2) is 11.9 Å². The van der Waals surface area contributed by atoms with Gasteiger partial charge in [-0.2, -0.15) is 0 Å². The first-order valence-electron chi connectivity index (χ1n) is 4.04. The summed E-state index contributed by atoms with van der Waals surface area (Å²) in [4.78, 5) is 11.1. The SMILES string of the molecule is COC(=O)C1OC(C)(C)OC1CO. The maximum Gasteiger partial charge on any atom is 0.337 e. The zero-order chi connectivity index (χ0) is 10.1. The highest BCUT2D eigenvalue weighted by molar-refractivity contribution is 5.75. The summed E-state index contributed by atoms with van der Waals surface area (Å²) in [5, 5.41) is 8.90. The Morgan fingerprint density at radius 3 is 2.62 bits per heavy atom. The summed E-state index contributed by atoms with van der Waals surface area (Å²) in [5.74, 6) is -1.36. The van der Waals surface area contributed by atoms with Crippen molar-refractivity contribution < 1.29 is 24.1 Å². The predicted molar refractivity (Wildman–Crippen MR) is 42.9 cm³/mol. The lowest BCUT2D eigenvalue weighted by Gasteiger charge is -2.15. The molecule has 2 unspecified atom stereocenters. The predicted octanol–water partition coefficient (Wildman–Crippen LogP) is -0.328. The van der Waals surface area contributed by atoms with E-state index in [4.69, 9.17) is 14.6 Å². The van der Waals surface area contributed by atoms with Gasteiger partial charge in [-0.15, -0.1) is 0 Å². The molecule has 1 heterocycles. The molecule has 2 atom stereocenters. The fraction of sp³-hybridized carbons (Fsp3) is 0.875. The first kappa shape index (κ1) is 10.4. The molecule has 1 N–H and O–H groups in total. The first-order valence-corrected chi connectivity index (χ1v) is 4.04. The molecule has 0 aromatic heterocycles. The third kappa shape index (κ3) is 2.18. The van der Waals surface area contributed by atoms with Crippen LogP contribution >= 0.6 is 0 Å². The van der Waals surface area contributed by atoms with E-state index in [9.17, 15) is 4.79 Å². The summed E-state index contributed by atoms with van der Waals surface area (Å²) >= 11 is 0. The van der Waals surface area contributed by atoms with E-state index in [1.807, 2.05) is 0 Å². The number of methoxy groups -OCH3 is 1. The smallest absolute Gasteiger partial charge is 0.337 e. The Hall–Kier alpha value is -0.650. The van der Waals surface area contributed by atoms with Gasteiger partial charge >= 0.3 is 5.97 Å². The van der Waals surface area contributed by atoms with E-state index in [2.05, 4.69) is 4.74 Å². The molecule has 0 aliphatic carbocycles. The minimum atomic E-state index is -0.841. The zero-order valence-corrected chi connectivity index (χ0v) is 7.94. The highest BCUT2D eigenvalue weighted by Gasteiger charge is 2.45. The van der Waals surface area contributed by atoms with Crippen molar-refractivity contribution in [2.24, 2.45) is 0 Å². The largest absolute Gasteiger partial charge is 0.467 e. The quantitative estimate of drug-likeness (QED) is 0.604. The first-order chi connectivity index (χ1) is 6.00. The molecule has 0 bridgehead atoms. The number of carbonyl (C=O) groups excluding carboxylic acids is 1. The van der Waals surface area contributed by atoms with Crippen molar-refractivity contribution in [2.75, 3.05) is 13.7 Å². The number of rotatable bonds is 2. The lowest BCUT2D eigenvalue weighted by molar-refractivity contribution is -0.168. The van der Waals surface area contributed by atoms with E-state index >= 15 is 0 Å². The Kier molecular flexibility index (Phi) is 2.90. The van der Waals surface area contributed by atoms with E-state index in [1.54, 1.807) is 13.8 Å². The van der Waals surface area contributed by atoms with Gasteiger partial charge < -0.3 is 19.3 Å². The van der Waals surface area contributed by atoms with Gasteiger partial charge in [0, 0.05) is 0 Å². The van der Waals surface area contributed by atoms with E-state index in [0.717, 1.165) is 0 Å². The number of carbonyl (C=O) groups is 1. The summed E-state index contributed by atoms with van der Waals surface area (Å²) in [6, 6.07) is 0. The van der Waals surface area contributed by atoms with Crippen LogP contribution in [0.4, 0.5) is 0 Å². The summed E-state index contributed by atoms with van der Waals surface area (Å²) in [7, 11) is 1.27. The molecule has 0 aromatic rings. The van der Waals surface area contributed by atoms with Gasteiger partial charge in [0.05, 0.1) is 13.7 Å². The van der Waals surface area contributed by atoms with Crippen LogP contribution in [0.15, 0.2) is 0 Å². The average Bonchev–Trinajstić information content (AvgIpc) is 2.39. The Labute approximate surface area is 76.6 Å². The fourth-order valence-electron chi connectivity index (χ4n) is 1.28. The molecular weight excluding hydrogens is 176 g/mol. The van der Waals surface area contributed by atoms with Crippen LogP contribution in [0.3, 0.4) is 0 Å². The topological polar surface area (TPSA) is 65.0 Å². The fourth-order valence-corrected chi connectivity index (χ4v) is 1.28.